The first-order valence-corrected chi connectivity index (χ1v) is 6.92. The summed E-state index contributed by atoms with van der Waals surface area (Å²) in [5.74, 6) is -1.07. The van der Waals surface area contributed by atoms with Crippen LogP contribution >= 0.6 is 0 Å². The lowest BCUT2D eigenvalue weighted by Gasteiger charge is -2.12. The number of aliphatic carboxylic acids is 1. The minimum atomic E-state index is -3.46. The third-order valence-electron chi connectivity index (χ3n) is 2.48. The van der Waals surface area contributed by atoms with Gasteiger partial charge >= 0.3 is 5.97 Å². The van der Waals surface area contributed by atoms with Crippen molar-refractivity contribution in [2.45, 2.75) is 11.0 Å². The molecule has 19 heavy (non-hydrogen) atoms. The highest BCUT2D eigenvalue weighted by atomic mass is 32.2. The van der Waals surface area contributed by atoms with Crippen molar-refractivity contribution in [1.82, 2.24) is 4.72 Å². The Labute approximate surface area is 111 Å². The van der Waals surface area contributed by atoms with Crippen molar-refractivity contribution in [3.8, 4) is 0 Å². The second-order valence-electron chi connectivity index (χ2n) is 3.68. The molecule has 0 saturated carbocycles. The van der Waals surface area contributed by atoms with Gasteiger partial charge in [0.25, 0.3) is 0 Å². The molecule has 0 heterocycles. The van der Waals surface area contributed by atoms with Crippen molar-refractivity contribution in [3.63, 3.8) is 0 Å². The van der Waals surface area contributed by atoms with E-state index in [1.807, 2.05) is 0 Å². The Balaban J connectivity index is 2.70. The molecule has 0 aliphatic heterocycles. The Hall–Kier alpha value is -1.64. The zero-order valence-corrected chi connectivity index (χ0v) is 11.4. The van der Waals surface area contributed by atoms with Gasteiger partial charge in [0.15, 0.2) is 6.10 Å². The van der Waals surface area contributed by atoms with Gasteiger partial charge in [0.2, 0.25) is 10.0 Å². The van der Waals surface area contributed by atoms with Crippen LogP contribution in [0.3, 0.4) is 0 Å². The molecular weight excluding hydrogens is 272 g/mol. The van der Waals surface area contributed by atoms with Gasteiger partial charge in [-0.25, -0.2) is 17.9 Å². The predicted molar refractivity (Wildman–Crippen MR) is 69.6 cm³/mol. The Bertz CT molecular complexity index is 527. The van der Waals surface area contributed by atoms with Gasteiger partial charge in [0, 0.05) is 12.8 Å². The largest absolute Gasteiger partial charge is 0.479 e. The van der Waals surface area contributed by atoms with Crippen LogP contribution in [0.15, 0.2) is 29.2 Å². The number of carboxylic acid groups (broad SMARTS) is 1. The number of hydrogen-bond donors (Lipinski definition) is 3. The number of nitrogens with one attached hydrogen (secondary N) is 2. The Morgan fingerprint density at radius 3 is 2.37 bits per heavy atom. The first-order valence-electron chi connectivity index (χ1n) is 5.44. The molecule has 0 fully saturated rings. The van der Waals surface area contributed by atoms with Gasteiger partial charge in [-0.2, -0.15) is 0 Å². The maximum atomic E-state index is 11.5. The van der Waals surface area contributed by atoms with Gasteiger partial charge < -0.3 is 15.2 Å². The summed E-state index contributed by atoms with van der Waals surface area (Å²) in [7, 11) is -0.821. The molecule has 8 heteroatoms. The number of carbonyl (C=O) groups is 1. The Kier molecular flexibility index (Phi) is 5.28. The molecule has 0 radical (unpaired) electrons. The van der Waals surface area contributed by atoms with E-state index in [1.54, 1.807) is 12.1 Å². The molecule has 1 atom stereocenters. The monoisotopic (exact) mass is 288 g/mol. The topological polar surface area (TPSA) is 105 Å². The third kappa shape index (κ3) is 4.19. The van der Waals surface area contributed by atoms with E-state index >= 15 is 0 Å². The standard InChI is InChI=1S/C11H16N2O5S/c1-12-19(16,17)9-5-3-8(4-6-9)13-7-10(18-2)11(14)15/h3-6,10,12-13H,7H2,1-2H3,(H,14,15). The summed E-state index contributed by atoms with van der Waals surface area (Å²) in [4.78, 5) is 10.9. The molecule has 1 aromatic carbocycles. The molecule has 0 saturated heterocycles. The van der Waals surface area contributed by atoms with E-state index in [-0.39, 0.29) is 11.4 Å². The number of hydrogen-bond acceptors (Lipinski definition) is 5. The lowest BCUT2D eigenvalue weighted by atomic mass is 10.3. The van der Waals surface area contributed by atoms with Crippen LogP contribution in [0.25, 0.3) is 0 Å². The number of anilines is 1. The number of carboxylic acids is 1. The smallest absolute Gasteiger partial charge is 0.334 e. The first kappa shape index (κ1) is 15.4. The molecule has 0 aromatic heterocycles. The van der Waals surface area contributed by atoms with Crippen molar-refractivity contribution in [1.29, 1.82) is 0 Å². The molecule has 1 unspecified atom stereocenters. The normalized spacial score (nSPS) is 12.9. The summed E-state index contributed by atoms with van der Waals surface area (Å²) in [6.07, 6.45) is -0.958. The van der Waals surface area contributed by atoms with Crippen molar-refractivity contribution >= 4 is 21.7 Å². The summed E-state index contributed by atoms with van der Waals surface area (Å²) in [5.41, 5.74) is 0.610. The van der Waals surface area contributed by atoms with E-state index in [0.29, 0.717) is 5.69 Å². The SMILES string of the molecule is CNS(=O)(=O)c1ccc(NCC(OC)C(=O)O)cc1. The van der Waals surface area contributed by atoms with E-state index < -0.39 is 22.1 Å². The quantitative estimate of drug-likeness (QED) is 0.657. The fraction of sp³-hybridized carbons (Fsp3) is 0.364. The first-order chi connectivity index (χ1) is 8.90. The molecular formula is C11H16N2O5S. The number of benzene rings is 1. The van der Waals surface area contributed by atoms with Gasteiger partial charge in [-0.15, -0.1) is 0 Å². The summed E-state index contributed by atoms with van der Waals surface area (Å²) in [5, 5.41) is 11.6. The van der Waals surface area contributed by atoms with E-state index in [9.17, 15) is 13.2 Å². The Morgan fingerprint density at radius 1 is 1.37 bits per heavy atom. The van der Waals surface area contributed by atoms with Crippen molar-refractivity contribution in [2.75, 3.05) is 26.0 Å². The second-order valence-corrected chi connectivity index (χ2v) is 5.56. The van der Waals surface area contributed by atoms with Gasteiger partial charge in [-0.05, 0) is 31.3 Å². The van der Waals surface area contributed by atoms with Crippen molar-refractivity contribution < 1.29 is 23.1 Å². The van der Waals surface area contributed by atoms with Crippen LogP contribution in [0.2, 0.25) is 0 Å². The van der Waals surface area contributed by atoms with Crippen molar-refractivity contribution in [2.24, 2.45) is 0 Å². The predicted octanol–water partition coefficient (Wildman–Crippen LogP) is 0.106. The van der Waals surface area contributed by atoms with Gasteiger partial charge in [0.1, 0.15) is 0 Å². The van der Waals surface area contributed by atoms with E-state index in [2.05, 4.69) is 10.0 Å². The number of sulfonamides is 1. The molecule has 0 bridgehead atoms. The fourth-order valence-electron chi connectivity index (χ4n) is 1.35. The molecule has 0 amide bonds. The Morgan fingerprint density at radius 2 is 1.95 bits per heavy atom. The maximum absolute atomic E-state index is 11.5. The minimum absolute atomic E-state index is 0.0873. The zero-order valence-electron chi connectivity index (χ0n) is 10.6. The van der Waals surface area contributed by atoms with Crippen LogP contribution in [-0.2, 0) is 19.6 Å². The lowest BCUT2D eigenvalue weighted by molar-refractivity contribution is -0.147. The average molecular weight is 288 g/mol. The summed E-state index contributed by atoms with van der Waals surface area (Å²) >= 11 is 0. The molecule has 0 aliphatic rings. The highest BCUT2D eigenvalue weighted by molar-refractivity contribution is 7.89. The van der Waals surface area contributed by atoms with Crippen LogP contribution in [-0.4, -0.2) is 46.3 Å². The van der Waals surface area contributed by atoms with E-state index in [1.165, 1.54) is 26.3 Å². The molecule has 106 valence electrons. The van der Waals surface area contributed by atoms with Crippen LogP contribution in [0.1, 0.15) is 0 Å². The number of rotatable bonds is 7. The summed E-state index contributed by atoms with van der Waals surface area (Å²) < 4.78 is 29.9. The van der Waals surface area contributed by atoms with Gasteiger partial charge in [-0.1, -0.05) is 0 Å². The van der Waals surface area contributed by atoms with Gasteiger partial charge in [0.05, 0.1) is 11.4 Å². The fourth-order valence-corrected chi connectivity index (χ4v) is 2.08. The van der Waals surface area contributed by atoms with Crippen LogP contribution < -0.4 is 10.0 Å². The maximum Gasteiger partial charge on any atom is 0.334 e. The molecule has 1 aromatic rings. The number of ether oxygens (including phenoxy) is 1. The van der Waals surface area contributed by atoms with Crippen LogP contribution in [0.4, 0.5) is 5.69 Å². The van der Waals surface area contributed by atoms with Crippen LogP contribution in [0.5, 0.6) is 0 Å². The molecule has 0 spiro atoms. The highest BCUT2D eigenvalue weighted by Crippen LogP contribution is 2.13. The van der Waals surface area contributed by atoms with Gasteiger partial charge in [-0.3, -0.25) is 0 Å². The molecule has 3 N–H and O–H groups in total. The molecule has 7 nitrogen and oxygen atoms in total. The van der Waals surface area contributed by atoms with E-state index in [4.69, 9.17) is 9.84 Å². The minimum Gasteiger partial charge on any atom is -0.479 e. The third-order valence-corrected chi connectivity index (χ3v) is 3.92. The average Bonchev–Trinajstić information content (AvgIpc) is 2.39. The summed E-state index contributed by atoms with van der Waals surface area (Å²) in [6.45, 7) is 0.0873. The van der Waals surface area contributed by atoms with Crippen molar-refractivity contribution in [3.05, 3.63) is 24.3 Å². The zero-order chi connectivity index (χ0) is 14.5. The lowest BCUT2D eigenvalue weighted by Crippen LogP contribution is -2.30. The summed E-state index contributed by atoms with van der Waals surface area (Å²) in [6, 6.07) is 5.96. The number of methoxy groups -OCH3 is 1. The molecule has 1 rings (SSSR count). The molecule has 0 aliphatic carbocycles. The highest BCUT2D eigenvalue weighted by Gasteiger charge is 2.16. The van der Waals surface area contributed by atoms with Crippen LogP contribution in [0, 0.1) is 0 Å². The second kappa shape index (κ2) is 6.50. The van der Waals surface area contributed by atoms with E-state index in [0.717, 1.165) is 0 Å².